The predicted molar refractivity (Wildman–Crippen MR) is 85.3 cm³/mol. The molecular weight excluding hydrogens is 228 g/mol. The lowest BCUT2D eigenvalue weighted by Gasteiger charge is -2.39. The Kier molecular flexibility index (Phi) is 5.37. The SMILES string of the molecule is CCCCC(CC(C)C)CC(C)C1(C2CCC2)CC1. The molecule has 2 unspecified atom stereocenters. The zero-order valence-corrected chi connectivity index (χ0v) is 13.9. The lowest BCUT2D eigenvalue weighted by molar-refractivity contribution is 0.107. The van der Waals surface area contributed by atoms with Gasteiger partial charge in [0, 0.05) is 0 Å². The Morgan fingerprint density at radius 2 is 1.74 bits per heavy atom. The first-order chi connectivity index (χ1) is 9.08. The standard InChI is InChI=1S/C19H36/c1-5-6-8-17(13-15(2)3)14-16(4)19(11-12-19)18-9-7-10-18/h15-18H,5-14H2,1-4H3. The van der Waals surface area contributed by atoms with Gasteiger partial charge in [0.25, 0.3) is 0 Å². The van der Waals surface area contributed by atoms with Crippen LogP contribution in [0.3, 0.4) is 0 Å². The van der Waals surface area contributed by atoms with Crippen molar-refractivity contribution in [1.82, 2.24) is 0 Å². The highest BCUT2D eigenvalue weighted by molar-refractivity contribution is 5.04. The largest absolute Gasteiger partial charge is 0.0654 e. The van der Waals surface area contributed by atoms with Gasteiger partial charge in [-0.3, -0.25) is 0 Å². The van der Waals surface area contributed by atoms with Crippen LogP contribution >= 0.6 is 0 Å². The Hall–Kier alpha value is 0. The second-order valence-corrected chi connectivity index (χ2v) is 8.14. The summed E-state index contributed by atoms with van der Waals surface area (Å²) >= 11 is 0. The van der Waals surface area contributed by atoms with Crippen molar-refractivity contribution in [3.05, 3.63) is 0 Å². The third-order valence-corrected chi connectivity index (χ3v) is 6.18. The molecule has 2 atom stereocenters. The van der Waals surface area contributed by atoms with Gasteiger partial charge in [-0.2, -0.15) is 0 Å². The summed E-state index contributed by atoms with van der Waals surface area (Å²) in [4.78, 5) is 0. The molecule has 0 aromatic heterocycles. The molecule has 2 fully saturated rings. The van der Waals surface area contributed by atoms with Gasteiger partial charge in [-0.05, 0) is 67.6 Å². The first-order valence-electron chi connectivity index (χ1n) is 9.08. The average Bonchev–Trinajstić information content (AvgIpc) is 3.04. The van der Waals surface area contributed by atoms with Crippen LogP contribution in [-0.2, 0) is 0 Å². The van der Waals surface area contributed by atoms with Crippen LogP contribution in [0.2, 0.25) is 0 Å². The lowest BCUT2D eigenvalue weighted by Crippen LogP contribution is -2.30. The van der Waals surface area contributed by atoms with Gasteiger partial charge in [-0.15, -0.1) is 0 Å². The quantitative estimate of drug-likeness (QED) is 0.449. The molecule has 2 aliphatic carbocycles. The van der Waals surface area contributed by atoms with Gasteiger partial charge in [0.2, 0.25) is 0 Å². The Morgan fingerprint density at radius 1 is 1.05 bits per heavy atom. The maximum atomic E-state index is 2.59. The minimum Gasteiger partial charge on any atom is -0.0654 e. The minimum atomic E-state index is 0.819. The smallest absolute Gasteiger partial charge is 0.0243 e. The summed E-state index contributed by atoms with van der Waals surface area (Å²) < 4.78 is 0. The molecule has 0 aromatic rings. The third kappa shape index (κ3) is 3.76. The summed E-state index contributed by atoms with van der Waals surface area (Å²) in [5, 5.41) is 0. The maximum Gasteiger partial charge on any atom is -0.0243 e. The van der Waals surface area contributed by atoms with Crippen LogP contribution in [0.25, 0.3) is 0 Å². The summed E-state index contributed by atoms with van der Waals surface area (Å²) in [7, 11) is 0. The minimum absolute atomic E-state index is 0.819. The Bertz CT molecular complexity index is 257. The first-order valence-corrected chi connectivity index (χ1v) is 9.08. The van der Waals surface area contributed by atoms with E-state index in [2.05, 4.69) is 27.7 Å². The highest BCUT2D eigenvalue weighted by Gasteiger charge is 2.54. The second kappa shape index (κ2) is 6.64. The van der Waals surface area contributed by atoms with Crippen LogP contribution in [-0.4, -0.2) is 0 Å². The van der Waals surface area contributed by atoms with Crippen LogP contribution in [0.5, 0.6) is 0 Å². The van der Waals surface area contributed by atoms with E-state index in [1.807, 2.05) is 0 Å². The third-order valence-electron chi connectivity index (χ3n) is 6.18. The summed E-state index contributed by atoms with van der Waals surface area (Å²) in [5.74, 6) is 4.01. The molecule has 112 valence electrons. The normalized spacial score (nSPS) is 25.1. The van der Waals surface area contributed by atoms with Gasteiger partial charge < -0.3 is 0 Å². The fourth-order valence-electron chi connectivity index (χ4n) is 4.66. The van der Waals surface area contributed by atoms with E-state index in [-0.39, 0.29) is 0 Å². The Balaban J connectivity index is 1.84. The molecule has 0 aliphatic heterocycles. The van der Waals surface area contributed by atoms with E-state index in [0.29, 0.717) is 0 Å². The molecule has 0 N–H and O–H groups in total. The Labute approximate surface area is 121 Å². The van der Waals surface area contributed by atoms with Crippen LogP contribution < -0.4 is 0 Å². The molecule has 0 radical (unpaired) electrons. The molecule has 0 amide bonds. The topological polar surface area (TPSA) is 0 Å². The van der Waals surface area contributed by atoms with Crippen molar-refractivity contribution in [3.8, 4) is 0 Å². The molecule has 0 heteroatoms. The molecule has 2 aliphatic rings. The molecule has 0 nitrogen and oxygen atoms in total. The highest BCUT2D eigenvalue weighted by atomic mass is 14.6. The first kappa shape index (κ1) is 15.4. The lowest BCUT2D eigenvalue weighted by atomic mass is 9.66. The highest BCUT2D eigenvalue weighted by Crippen LogP contribution is 2.64. The molecule has 0 aromatic carbocycles. The molecule has 0 bridgehead atoms. The maximum absolute atomic E-state index is 2.59. The molecule has 0 heterocycles. The number of rotatable bonds is 9. The van der Waals surface area contributed by atoms with Crippen molar-refractivity contribution in [2.75, 3.05) is 0 Å². The summed E-state index contributed by atoms with van der Waals surface area (Å²) in [6.45, 7) is 9.74. The van der Waals surface area contributed by atoms with Gasteiger partial charge in [0.1, 0.15) is 0 Å². The molecule has 2 rings (SSSR count). The summed E-state index contributed by atoms with van der Waals surface area (Å²) in [6.07, 6.45) is 15.0. The van der Waals surface area contributed by atoms with Gasteiger partial charge in [0.05, 0.1) is 0 Å². The van der Waals surface area contributed by atoms with Gasteiger partial charge in [-0.25, -0.2) is 0 Å². The van der Waals surface area contributed by atoms with Gasteiger partial charge in [-0.1, -0.05) is 53.4 Å². The van der Waals surface area contributed by atoms with Crippen LogP contribution in [0.1, 0.15) is 91.9 Å². The predicted octanol–water partition coefficient (Wildman–Crippen LogP) is 6.45. The van der Waals surface area contributed by atoms with Gasteiger partial charge >= 0.3 is 0 Å². The zero-order valence-electron chi connectivity index (χ0n) is 13.9. The molecule has 0 saturated heterocycles. The molecule has 19 heavy (non-hydrogen) atoms. The second-order valence-electron chi connectivity index (χ2n) is 8.14. The Morgan fingerprint density at radius 3 is 2.16 bits per heavy atom. The number of unbranched alkanes of at least 4 members (excludes halogenated alkanes) is 1. The van der Waals surface area contributed by atoms with Crippen molar-refractivity contribution in [3.63, 3.8) is 0 Å². The van der Waals surface area contributed by atoms with E-state index in [9.17, 15) is 0 Å². The number of hydrogen-bond acceptors (Lipinski definition) is 0. The van der Waals surface area contributed by atoms with Crippen molar-refractivity contribution in [2.24, 2.45) is 29.1 Å². The number of hydrogen-bond donors (Lipinski definition) is 0. The molecule has 2 saturated carbocycles. The molecule has 0 spiro atoms. The van der Waals surface area contributed by atoms with Crippen LogP contribution in [0.4, 0.5) is 0 Å². The van der Waals surface area contributed by atoms with Crippen LogP contribution in [0, 0.1) is 29.1 Å². The zero-order chi connectivity index (χ0) is 13.9. The summed E-state index contributed by atoms with van der Waals surface area (Å²) in [6, 6.07) is 0. The van der Waals surface area contributed by atoms with E-state index >= 15 is 0 Å². The van der Waals surface area contributed by atoms with Crippen molar-refractivity contribution >= 4 is 0 Å². The van der Waals surface area contributed by atoms with E-state index in [4.69, 9.17) is 0 Å². The fourth-order valence-corrected chi connectivity index (χ4v) is 4.66. The van der Waals surface area contributed by atoms with Gasteiger partial charge in [0.15, 0.2) is 0 Å². The van der Waals surface area contributed by atoms with E-state index in [1.165, 1.54) is 38.5 Å². The van der Waals surface area contributed by atoms with E-state index < -0.39 is 0 Å². The fraction of sp³-hybridized carbons (Fsp3) is 1.00. The average molecular weight is 264 g/mol. The van der Waals surface area contributed by atoms with Crippen molar-refractivity contribution < 1.29 is 0 Å². The monoisotopic (exact) mass is 264 g/mol. The van der Waals surface area contributed by atoms with Crippen LogP contribution in [0.15, 0.2) is 0 Å². The van der Waals surface area contributed by atoms with Crippen molar-refractivity contribution in [1.29, 1.82) is 0 Å². The van der Waals surface area contributed by atoms with Crippen molar-refractivity contribution in [2.45, 2.75) is 91.9 Å². The summed E-state index contributed by atoms with van der Waals surface area (Å²) in [5.41, 5.74) is 0.819. The van der Waals surface area contributed by atoms with E-state index in [0.717, 1.165) is 29.1 Å². The van der Waals surface area contributed by atoms with E-state index in [1.54, 1.807) is 25.7 Å². The molecular formula is C19H36.